The Morgan fingerprint density at radius 1 is 1.07 bits per heavy atom. The van der Waals surface area contributed by atoms with E-state index in [1.807, 2.05) is 0 Å². The van der Waals surface area contributed by atoms with Crippen molar-refractivity contribution in [2.75, 3.05) is 20.1 Å². The quantitative estimate of drug-likeness (QED) is 0.362. The fourth-order valence-electron chi connectivity index (χ4n) is 7.82. The summed E-state index contributed by atoms with van der Waals surface area (Å²) < 4.78 is 43.0. The van der Waals surface area contributed by atoms with E-state index in [2.05, 4.69) is 58.7 Å². The number of likely N-dealkylation sites (tertiary alicyclic amines) is 1. The molecular formula is C35H37F3N2O3. The Labute approximate surface area is 250 Å². The number of nitrogens with one attached hydrogen (secondary N) is 1. The molecule has 2 bridgehead atoms. The second kappa shape index (κ2) is 11.5. The van der Waals surface area contributed by atoms with Crippen molar-refractivity contribution in [3.05, 3.63) is 107 Å². The van der Waals surface area contributed by atoms with E-state index in [0.717, 1.165) is 69.5 Å². The number of benzene rings is 3. The number of hydrogen-bond donors (Lipinski definition) is 2. The molecule has 3 aromatic carbocycles. The zero-order chi connectivity index (χ0) is 30.2. The highest BCUT2D eigenvalue weighted by Gasteiger charge is 2.70. The highest BCUT2D eigenvalue weighted by molar-refractivity contribution is 5.91. The van der Waals surface area contributed by atoms with Gasteiger partial charge in [-0.3, -0.25) is 9.69 Å². The molecule has 5 nitrogen and oxygen atoms in total. The number of aliphatic hydroxyl groups is 1. The maximum atomic E-state index is 12.2. The van der Waals surface area contributed by atoms with Gasteiger partial charge in [-0.1, -0.05) is 54.6 Å². The van der Waals surface area contributed by atoms with Crippen LogP contribution >= 0.6 is 0 Å². The van der Waals surface area contributed by atoms with Crippen LogP contribution < -0.4 is 10.1 Å². The zero-order valence-corrected chi connectivity index (χ0v) is 24.2. The highest BCUT2D eigenvalue weighted by Crippen LogP contribution is 2.63. The van der Waals surface area contributed by atoms with Crippen LogP contribution in [0.15, 0.2) is 78.9 Å². The number of likely N-dealkylation sites (N-methyl/N-ethyl adjacent to an activating group) is 1. The normalized spacial score (nSPS) is 27.1. The van der Waals surface area contributed by atoms with E-state index in [4.69, 9.17) is 4.74 Å². The van der Waals surface area contributed by atoms with Crippen molar-refractivity contribution in [3.8, 4) is 5.75 Å². The molecule has 1 spiro atoms. The van der Waals surface area contributed by atoms with Gasteiger partial charge in [0, 0.05) is 31.3 Å². The number of halogens is 3. The first-order valence-electron chi connectivity index (χ1n) is 15.0. The van der Waals surface area contributed by atoms with Gasteiger partial charge in [0.2, 0.25) is 5.91 Å². The first-order valence-corrected chi connectivity index (χ1v) is 15.0. The zero-order valence-electron chi connectivity index (χ0n) is 24.2. The Bertz CT molecular complexity index is 1490. The van der Waals surface area contributed by atoms with E-state index in [1.54, 1.807) is 0 Å². The molecule has 1 saturated heterocycles. The number of nitrogens with zero attached hydrogens (tertiary/aromatic N) is 1. The standard InChI is InChI=1S/C24H27NO2.C11H10F3NO/c26-24-12-5-10-21-23(24)13-15-25(14-11-17-6-2-1-3-7-17)20(24)16-18-8-4-9-19(27-21)22(18)23;1-15-10(16)7-4-8-2-5-9(6-3-8)11(12,13)14/h1-4,6-9,20-21,26H,5,10-16H2;2-7H,1H3,(H,15,16)/b;7-4+/t20-,21+,23-,24-;/m1./s1. The molecule has 4 atom stereocenters. The van der Waals surface area contributed by atoms with Gasteiger partial charge in [0.05, 0.1) is 16.6 Å². The number of carbonyl (C=O) groups is 1. The van der Waals surface area contributed by atoms with Crippen molar-refractivity contribution in [3.63, 3.8) is 0 Å². The molecule has 1 saturated carbocycles. The second-order valence-corrected chi connectivity index (χ2v) is 12.0. The maximum Gasteiger partial charge on any atom is 0.416 e. The summed E-state index contributed by atoms with van der Waals surface area (Å²) in [5.74, 6) is 0.744. The summed E-state index contributed by atoms with van der Waals surface area (Å²) in [4.78, 5) is 13.4. The predicted molar refractivity (Wildman–Crippen MR) is 160 cm³/mol. The van der Waals surface area contributed by atoms with E-state index >= 15 is 0 Å². The topological polar surface area (TPSA) is 61.8 Å². The molecule has 4 aliphatic rings. The van der Waals surface area contributed by atoms with E-state index in [9.17, 15) is 23.1 Å². The van der Waals surface area contributed by atoms with Gasteiger partial charge in [0.25, 0.3) is 0 Å². The van der Waals surface area contributed by atoms with E-state index in [1.165, 1.54) is 48.0 Å². The fourth-order valence-corrected chi connectivity index (χ4v) is 7.82. The smallest absolute Gasteiger partial charge is 0.416 e. The number of piperidine rings is 1. The lowest BCUT2D eigenvalue weighted by molar-refractivity contribution is -0.184. The Hall–Kier alpha value is -3.62. The number of alkyl halides is 3. The third-order valence-corrected chi connectivity index (χ3v) is 9.81. The van der Waals surface area contributed by atoms with E-state index in [-0.39, 0.29) is 23.5 Å². The van der Waals surface area contributed by atoms with Crippen LogP contribution in [-0.2, 0) is 29.2 Å². The van der Waals surface area contributed by atoms with Crippen molar-refractivity contribution in [1.82, 2.24) is 10.2 Å². The highest BCUT2D eigenvalue weighted by atomic mass is 19.4. The van der Waals surface area contributed by atoms with Crippen molar-refractivity contribution in [2.24, 2.45) is 0 Å². The summed E-state index contributed by atoms with van der Waals surface area (Å²) in [5.41, 5.74) is 3.16. The molecule has 226 valence electrons. The third-order valence-electron chi connectivity index (χ3n) is 9.81. The van der Waals surface area contributed by atoms with Gasteiger partial charge in [-0.25, -0.2) is 0 Å². The Kier molecular flexibility index (Phi) is 7.86. The minimum atomic E-state index is -4.33. The van der Waals surface area contributed by atoms with Crippen LogP contribution in [0.4, 0.5) is 13.2 Å². The molecule has 43 heavy (non-hydrogen) atoms. The van der Waals surface area contributed by atoms with Crippen molar-refractivity contribution in [2.45, 2.75) is 67.9 Å². The molecule has 0 aromatic heterocycles. The first-order chi connectivity index (χ1) is 20.7. The summed E-state index contributed by atoms with van der Waals surface area (Å²) >= 11 is 0. The number of ether oxygens (including phenoxy) is 1. The van der Waals surface area contributed by atoms with Gasteiger partial charge in [-0.2, -0.15) is 13.2 Å². The number of carbonyl (C=O) groups excluding carboxylic acids is 1. The summed E-state index contributed by atoms with van der Waals surface area (Å²) in [6.07, 6.45) is 4.59. The molecule has 3 aromatic rings. The second-order valence-electron chi connectivity index (χ2n) is 12.0. The summed E-state index contributed by atoms with van der Waals surface area (Å²) in [7, 11) is 1.47. The lowest BCUT2D eigenvalue weighted by atomic mass is 9.49. The van der Waals surface area contributed by atoms with Crippen LogP contribution in [0.3, 0.4) is 0 Å². The fraction of sp³-hybridized carbons (Fsp3) is 0.400. The van der Waals surface area contributed by atoms with Crippen LogP contribution in [0.25, 0.3) is 6.08 Å². The lowest BCUT2D eigenvalue weighted by Crippen LogP contribution is -2.75. The average Bonchev–Trinajstić information content (AvgIpc) is 3.34. The van der Waals surface area contributed by atoms with E-state index < -0.39 is 17.3 Å². The maximum absolute atomic E-state index is 12.2. The Morgan fingerprint density at radius 3 is 2.56 bits per heavy atom. The van der Waals surface area contributed by atoms with Gasteiger partial charge in [0.1, 0.15) is 11.9 Å². The van der Waals surface area contributed by atoms with Crippen LogP contribution in [-0.4, -0.2) is 53.8 Å². The summed E-state index contributed by atoms with van der Waals surface area (Å²) in [6.45, 7) is 2.08. The molecule has 2 N–H and O–H groups in total. The van der Waals surface area contributed by atoms with Crippen LogP contribution in [0.5, 0.6) is 5.75 Å². The van der Waals surface area contributed by atoms with Gasteiger partial charge in [0.15, 0.2) is 0 Å². The van der Waals surface area contributed by atoms with Crippen molar-refractivity contribution in [1.29, 1.82) is 0 Å². The number of rotatable bonds is 5. The number of amides is 1. The third kappa shape index (κ3) is 5.25. The Morgan fingerprint density at radius 2 is 1.84 bits per heavy atom. The van der Waals surface area contributed by atoms with Crippen molar-refractivity contribution >= 4 is 12.0 Å². The van der Waals surface area contributed by atoms with Crippen LogP contribution in [0.1, 0.15) is 53.5 Å². The lowest BCUT2D eigenvalue weighted by Gasteiger charge is -2.63. The van der Waals surface area contributed by atoms with Crippen LogP contribution in [0, 0.1) is 0 Å². The molecule has 0 radical (unpaired) electrons. The number of hydrogen-bond acceptors (Lipinski definition) is 4. The SMILES string of the molecule is CNC(=O)/C=C/c1ccc(C(F)(F)F)cc1.O[C@@]12CCC[C@@H]3Oc4cccc5c4[C@@]31CCN(CCc1ccccc1)[C@@H]2C5. The molecule has 0 unspecified atom stereocenters. The minimum Gasteiger partial charge on any atom is -0.489 e. The largest absolute Gasteiger partial charge is 0.489 e. The van der Waals surface area contributed by atoms with Gasteiger partial charge >= 0.3 is 6.18 Å². The first kappa shape index (κ1) is 29.5. The van der Waals surface area contributed by atoms with Crippen molar-refractivity contribution < 1.29 is 27.8 Å². The monoisotopic (exact) mass is 590 g/mol. The molecule has 2 fully saturated rings. The van der Waals surface area contributed by atoms with E-state index in [0.29, 0.717) is 5.56 Å². The average molecular weight is 591 g/mol. The molecule has 2 aliphatic carbocycles. The molecule has 7 rings (SSSR count). The summed E-state index contributed by atoms with van der Waals surface area (Å²) in [6, 6.07) is 22.0. The van der Waals surface area contributed by atoms with Gasteiger partial charge < -0.3 is 15.2 Å². The molecular weight excluding hydrogens is 553 g/mol. The molecule has 1 amide bonds. The summed E-state index contributed by atoms with van der Waals surface area (Å²) in [5, 5.41) is 14.5. The molecule has 2 heterocycles. The van der Waals surface area contributed by atoms with Crippen LogP contribution in [0.2, 0.25) is 0 Å². The van der Waals surface area contributed by atoms with Gasteiger partial charge in [-0.15, -0.1) is 0 Å². The predicted octanol–water partition coefficient (Wildman–Crippen LogP) is 5.94. The minimum absolute atomic E-state index is 0.159. The molecule has 8 heteroatoms. The molecule has 2 aliphatic heterocycles. The van der Waals surface area contributed by atoms with Gasteiger partial charge in [-0.05, 0) is 86.0 Å². The Balaban J connectivity index is 0.000000178.